The average molecular weight is 192 g/mol. The molecule has 0 aliphatic heterocycles. The van der Waals surface area contributed by atoms with Crippen molar-refractivity contribution in [1.29, 1.82) is 0 Å². The number of ether oxygens (including phenoxy) is 1. The fourth-order valence-electron chi connectivity index (χ4n) is 1.47. The normalized spacial score (nSPS) is 11.1. The number of hydrogen-bond acceptors (Lipinski definition) is 2. The molecule has 0 aromatic heterocycles. The van der Waals surface area contributed by atoms with Gasteiger partial charge in [-0.25, -0.2) is 0 Å². The first-order chi connectivity index (χ1) is 6.50. The predicted octanol–water partition coefficient (Wildman–Crippen LogP) is 2.81. The van der Waals surface area contributed by atoms with Gasteiger partial charge in [0.05, 0.1) is 12.7 Å². The van der Waals surface area contributed by atoms with Gasteiger partial charge in [0.25, 0.3) is 0 Å². The Morgan fingerprint density at radius 1 is 1.29 bits per heavy atom. The molecule has 0 saturated carbocycles. The minimum Gasteiger partial charge on any atom is -0.496 e. The summed E-state index contributed by atoms with van der Waals surface area (Å²) in [6, 6.07) is 5.64. The van der Waals surface area contributed by atoms with Crippen LogP contribution < -0.4 is 4.74 Å². The maximum atomic E-state index is 10.8. The Labute approximate surface area is 84.9 Å². The van der Waals surface area contributed by atoms with Crippen molar-refractivity contribution in [1.82, 2.24) is 0 Å². The van der Waals surface area contributed by atoms with Gasteiger partial charge in [0.1, 0.15) is 5.75 Å². The molecule has 0 aliphatic carbocycles. The monoisotopic (exact) mass is 192 g/mol. The van der Waals surface area contributed by atoms with Crippen LogP contribution in [0.5, 0.6) is 5.75 Å². The van der Waals surface area contributed by atoms with Gasteiger partial charge in [-0.15, -0.1) is 0 Å². The molecule has 1 aromatic carbocycles. The molecule has 2 heteroatoms. The molecule has 0 saturated heterocycles. The summed E-state index contributed by atoms with van der Waals surface area (Å²) in [6.07, 6.45) is 0.827. The van der Waals surface area contributed by atoms with E-state index in [-0.39, 0.29) is 5.41 Å². The highest BCUT2D eigenvalue weighted by Crippen LogP contribution is 2.32. The van der Waals surface area contributed by atoms with Crippen LogP contribution >= 0.6 is 0 Å². The third-order valence-electron chi connectivity index (χ3n) is 2.18. The molecule has 0 unspecified atom stereocenters. The number of carbonyl (C=O) groups is 1. The summed E-state index contributed by atoms with van der Waals surface area (Å²) in [5.41, 5.74) is 1.66. The topological polar surface area (TPSA) is 26.3 Å². The maximum absolute atomic E-state index is 10.8. The number of benzene rings is 1. The highest BCUT2D eigenvalue weighted by Gasteiger charge is 2.20. The van der Waals surface area contributed by atoms with Crippen molar-refractivity contribution >= 4 is 6.29 Å². The Hall–Kier alpha value is -1.31. The smallest absolute Gasteiger partial charge is 0.153 e. The van der Waals surface area contributed by atoms with Crippen LogP contribution in [-0.2, 0) is 5.41 Å². The number of para-hydroxylation sites is 1. The van der Waals surface area contributed by atoms with Gasteiger partial charge in [0.2, 0.25) is 0 Å². The molecule has 0 aliphatic rings. The molecule has 0 amide bonds. The standard InChI is InChI=1S/C12H16O2/c1-12(2,3)10-7-5-6-9(8-13)11(10)14-4/h5-8H,1-4H3. The first-order valence-corrected chi connectivity index (χ1v) is 4.63. The van der Waals surface area contributed by atoms with E-state index in [0.29, 0.717) is 11.3 Å². The van der Waals surface area contributed by atoms with Crippen molar-refractivity contribution in [2.24, 2.45) is 0 Å². The van der Waals surface area contributed by atoms with Gasteiger partial charge in [-0.1, -0.05) is 32.9 Å². The van der Waals surface area contributed by atoms with E-state index < -0.39 is 0 Å². The fourth-order valence-corrected chi connectivity index (χ4v) is 1.47. The number of rotatable bonds is 2. The zero-order valence-corrected chi connectivity index (χ0v) is 9.13. The molecule has 76 valence electrons. The molecular weight excluding hydrogens is 176 g/mol. The van der Waals surface area contributed by atoms with Gasteiger partial charge in [0, 0.05) is 5.56 Å². The predicted molar refractivity (Wildman–Crippen MR) is 57.1 cm³/mol. The lowest BCUT2D eigenvalue weighted by Gasteiger charge is -2.22. The molecular formula is C12H16O2. The zero-order valence-electron chi connectivity index (χ0n) is 9.13. The van der Waals surface area contributed by atoms with Gasteiger partial charge >= 0.3 is 0 Å². The molecule has 0 spiro atoms. The minimum atomic E-state index is -0.00956. The summed E-state index contributed by atoms with van der Waals surface area (Å²) in [5, 5.41) is 0. The summed E-state index contributed by atoms with van der Waals surface area (Å²) >= 11 is 0. The number of methoxy groups -OCH3 is 1. The first-order valence-electron chi connectivity index (χ1n) is 4.63. The highest BCUT2D eigenvalue weighted by molar-refractivity contribution is 5.80. The van der Waals surface area contributed by atoms with E-state index in [1.165, 1.54) is 0 Å². The van der Waals surface area contributed by atoms with E-state index in [4.69, 9.17) is 4.74 Å². The van der Waals surface area contributed by atoms with Gasteiger partial charge in [0.15, 0.2) is 6.29 Å². The van der Waals surface area contributed by atoms with E-state index in [0.717, 1.165) is 11.8 Å². The van der Waals surface area contributed by atoms with Crippen molar-refractivity contribution in [3.05, 3.63) is 29.3 Å². The third-order valence-corrected chi connectivity index (χ3v) is 2.18. The van der Waals surface area contributed by atoms with Crippen LogP contribution in [0.3, 0.4) is 0 Å². The maximum Gasteiger partial charge on any atom is 0.153 e. The second-order valence-electron chi connectivity index (χ2n) is 4.30. The van der Waals surface area contributed by atoms with Crippen molar-refractivity contribution < 1.29 is 9.53 Å². The van der Waals surface area contributed by atoms with E-state index in [1.807, 2.05) is 12.1 Å². The highest BCUT2D eigenvalue weighted by atomic mass is 16.5. The molecule has 0 N–H and O–H groups in total. The van der Waals surface area contributed by atoms with E-state index in [9.17, 15) is 4.79 Å². The first kappa shape index (κ1) is 10.8. The molecule has 0 atom stereocenters. The molecule has 0 bridgehead atoms. The van der Waals surface area contributed by atoms with Crippen LogP contribution in [0, 0.1) is 0 Å². The van der Waals surface area contributed by atoms with Gasteiger partial charge in [-0.05, 0) is 11.5 Å². The van der Waals surface area contributed by atoms with Crippen molar-refractivity contribution in [3.63, 3.8) is 0 Å². The number of hydrogen-bond donors (Lipinski definition) is 0. The zero-order chi connectivity index (χ0) is 10.8. The van der Waals surface area contributed by atoms with Crippen molar-refractivity contribution in [3.8, 4) is 5.75 Å². The Morgan fingerprint density at radius 2 is 1.93 bits per heavy atom. The SMILES string of the molecule is COc1c(C=O)cccc1C(C)(C)C. The van der Waals surface area contributed by atoms with Crippen molar-refractivity contribution in [2.75, 3.05) is 7.11 Å². The van der Waals surface area contributed by atoms with Crippen LogP contribution in [0.2, 0.25) is 0 Å². The summed E-state index contributed by atoms with van der Waals surface area (Å²) in [6.45, 7) is 6.29. The van der Waals surface area contributed by atoms with Crippen LogP contribution in [0.25, 0.3) is 0 Å². The third kappa shape index (κ3) is 1.95. The minimum absolute atomic E-state index is 0.00956. The Balaban J connectivity index is 3.36. The molecule has 0 heterocycles. The molecule has 0 radical (unpaired) electrons. The number of carbonyl (C=O) groups excluding carboxylic acids is 1. The molecule has 2 nitrogen and oxygen atoms in total. The van der Waals surface area contributed by atoms with Gasteiger partial charge < -0.3 is 4.74 Å². The van der Waals surface area contributed by atoms with Crippen LogP contribution in [-0.4, -0.2) is 13.4 Å². The second kappa shape index (κ2) is 3.82. The van der Waals surface area contributed by atoms with Crippen molar-refractivity contribution in [2.45, 2.75) is 26.2 Å². The summed E-state index contributed by atoms with van der Waals surface area (Å²) in [4.78, 5) is 10.8. The largest absolute Gasteiger partial charge is 0.496 e. The van der Waals surface area contributed by atoms with Crippen LogP contribution in [0.4, 0.5) is 0 Å². The lowest BCUT2D eigenvalue weighted by molar-refractivity contribution is 0.112. The lowest BCUT2D eigenvalue weighted by atomic mass is 9.85. The molecule has 14 heavy (non-hydrogen) atoms. The summed E-state index contributed by atoms with van der Waals surface area (Å²) in [5.74, 6) is 0.690. The molecule has 1 aromatic rings. The fraction of sp³-hybridized carbons (Fsp3) is 0.417. The Morgan fingerprint density at radius 3 is 2.36 bits per heavy atom. The quantitative estimate of drug-likeness (QED) is 0.673. The van der Waals surface area contributed by atoms with E-state index in [1.54, 1.807) is 13.2 Å². The van der Waals surface area contributed by atoms with Gasteiger partial charge in [-0.3, -0.25) is 4.79 Å². The molecule has 1 rings (SSSR count). The lowest BCUT2D eigenvalue weighted by Crippen LogP contribution is -2.13. The van der Waals surface area contributed by atoms with Crippen LogP contribution in [0.15, 0.2) is 18.2 Å². The summed E-state index contributed by atoms with van der Waals surface area (Å²) in [7, 11) is 1.59. The second-order valence-corrected chi connectivity index (χ2v) is 4.30. The van der Waals surface area contributed by atoms with Gasteiger partial charge in [-0.2, -0.15) is 0 Å². The Bertz CT molecular complexity index is 335. The Kier molecular flexibility index (Phi) is 2.94. The molecule has 0 fully saturated rings. The summed E-state index contributed by atoms with van der Waals surface area (Å²) < 4.78 is 5.26. The van der Waals surface area contributed by atoms with E-state index >= 15 is 0 Å². The van der Waals surface area contributed by atoms with E-state index in [2.05, 4.69) is 20.8 Å². The average Bonchev–Trinajstić information content (AvgIpc) is 2.15. The van der Waals surface area contributed by atoms with Crippen LogP contribution in [0.1, 0.15) is 36.7 Å². The number of aldehydes is 1.